The minimum absolute atomic E-state index is 0.132. The first-order chi connectivity index (χ1) is 7.07. The summed E-state index contributed by atoms with van der Waals surface area (Å²) < 4.78 is 22.5. The third-order valence-electron chi connectivity index (χ3n) is 2.75. The maximum atomic E-state index is 11.2. The molecule has 0 bridgehead atoms. The molecule has 1 fully saturated rings. The number of thiophene rings is 1. The van der Waals surface area contributed by atoms with Gasteiger partial charge in [-0.05, 0) is 30.2 Å². The Morgan fingerprint density at radius 1 is 1.60 bits per heavy atom. The molecule has 1 N–H and O–H groups in total. The summed E-state index contributed by atoms with van der Waals surface area (Å²) in [5, 5.41) is 11.8. The number of hydrogen-bond acceptors (Lipinski definition) is 4. The van der Waals surface area contributed by atoms with E-state index in [4.69, 9.17) is 0 Å². The fourth-order valence-corrected chi connectivity index (χ4v) is 4.58. The van der Waals surface area contributed by atoms with Crippen molar-refractivity contribution in [3.63, 3.8) is 0 Å². The molecule has 3 nitrogen and oxygen atoms in total. The first kappa shape index (κ1) is 11.1. The van der Waals surface area contributed by atoms with Gasteiger partial charge in [-0.3, -0.25) is 0 Å². The molecule has 1 aromatic heterocycles. The van der Waals surface area contributed by atoms with Gasteiger partial charge in [0.2, 0.25) is 0 Å². The Morgan fingerprint density at radius 3 is 2.93 bits per heavy atom. The molecule has 15 heavy (non-hydrogen) atoms. The summed E-state index contributed by atoms with van der Waals surface area (Å²) in [5.74, 6) is 0.664. The molecule has 0 aliphatic carbocycles. The molecule has 5 heteroatoms. The number of hydrogen-bond donors (Lipinski definition) is 1. The predicted octanol–water partition coefficient (Wildman–Crippen LogP) is 1.61. The quantitative estimate of drug-likeness (QED) is 0.881. The molecular formula is C10H14O3S2. The van der Waals surface area contributed by atoms with Crippen molar-refractivity contribution in [2.24, 2.45) is 5.92 Å². The van der Waals surface area contributed by atoms with Crippen LogP contribution in [-0.2, 0) is 9.84 Å². The van der Waals surface area contributed by atoms with E-state index in [1.165, 1.54) is 11.3 Å². The lowest BCUT2D eigenvalue weighted by molar-refractivity contribution is 0.152. The van der Waals surface area contributed by atoms with Crippen LogP contribution in [0.4, 0.5) is 0 Å². The Balaban J connectivity index is 1.94. The Bertz CT molecular complexity index is 408. The van der Waals surface area contributed by atoms with Crippen LogP contribution in [0.3, 0.4) is 0 Å². The second-order valence-electron chi connectivity index (χ2n) is 4.04. The highest BCUT2D eigenvalue weighted by Gasteiger charge is 2.29. The van der Waals surface area contributed by atoms with Crippen molar-refractivity contribution in [3.8, 4) is 0 Å². The van der Waals surface area contributed by atoms with Crippen LogP contribution < -0.4 is 0 Å². The fourth-order valence-electron chi connectivity index (χ4n) is 1.97. The van der Waals surface area contributed by atoms with E-state index >= 15 is 0 Å². The van der Waals surface area contributed by atoms with Gasteiger partial charge >= 0.3 is 0 Å². The predicted molar refractivity (Wildman–Crippen MR) is 60.7 cm³/mol. The third-order valence-corrected chi connectivity index (χ3v) is 5.57. The number of aliphatic hydroxyl groups excluding tert-OH is 1. The molecule has 2 heterocycles. The molecule has 0 aromatic carbocycles. The molecule has 1 aromatic rings. The van der Waals surface area contributed by atoms with Crippen molar-refractivity contribution in [1.82, 2.24) is 0 Å². The summed E-state index contributed by atoms with van der Waals surface area (Å²) in [4.78, 5) is 0.930. The van der Waals surface area contributed by atoms with Crippen LogP contribution >= 0.6 is 11.3 Å². The van der Waals surface area contributed by atoms with Crippen molar-refractivity contribution >= 4 is 21.2 Å². The van der Waals surface area contributed by atoms with Crippen molar-refractivity contribution in [2.75, 3.05) is 11.5 Å². The molecule has 0 radical (unpaired) electrons. The van der Waals surface area contributed by atoms with Gasteiger partial charge in [0.05, 0.1) is 17.6 Å². The van der Waals surface area contributed by atoms with Gasteiger partial charge in [0.15, 0.2) is 9.84 Å². The first-order valence-electron chi connectivity index (χ1n) is 4.99. The van der Waals surface area contributed by atoms with Crippen LogP contribution in [0.5, 0.6) is 0 Å². The Morgan fingerprint density at radius 2 is 2.40 bits per heavy atom. The summed E-state index contributed by atoms with van der Waals surface area (Å²) in [6.45, 7) is 0. The third kappa shape index (κ3) is 2.80. The highest BCUT2D eigenvalue weighted by atomic mass is 32.2. The van der Waals surface area contributed by atoms with Crippen molar-refractivity contribution < 1.29 is 13.5 Å². The summed E-state index contributed by atoms with van der Waals surface area (Å²) >= 11 is 1.51. The zero-order valence-electron chi connectivity index (χ0n) is 8.30. The zero-order valence-corrected chi connectivity index (χ0v) is 9.93. The SMILES string of the molecule is O=S1(=O)CCC(CC(O)c2cccs2)C1. The molecule has 0 amide bonds. The van der Waals surface area contributed by atoms with E-state index in [-0.39, 0.29) is 17.4 Å². The Labute approximate surface area is 93.7 Å². The lowest BCUT2D eigenvalue weighted by atomic mass is 10.0. The first-order valence-corrected chi connectivity index (χ1v) is 7.69. The van der Waals surface area contributed by atoms with Crippen LogP contribution in [0, 0.1) is 5.92 Å². The number of sulfone groups is 1. The summed E-state index contributed by atoms with van der Waals surface area (Å²) in [7, 11) is -2.82. The van der Waals surface area contributed by atoms with E-state index in [9.17, 15) is 13.5 Å². The Hall–Kier alpha value is -0.390. The second-order valence-corrected chi connectivity index (χ2v) is 7.24. The van der Waals surface area contributed by atoms with Crippen LogP contribution in [0.15, 0.2) is 17.5 Å². The Kier molecular flexibility index (Phi) is 3.13. The zero-order chi connectivity index (χ0) is 10.9. The largest absolute Gasteiger partial charge is 0.388 e. The summed E-state index contributed by atoms with van der Waals surface area (Å²) in [5.41, 5.74) is 0. The normalized spacial score (nSPS) is 26.6. The standard InChI is InChI=1S/C10H14O3S2/c11-9(10-2-1-4-14-10)6-8-3-5-15(12,13)7-8/h1-2,4,8-9,11H,3,5-7H2. The van der Waals surface area contributed by atoms with Crippen LogP contribution in [0.1, 0.15) is 23.8 Å². The van der Waals surface area contributed by atoms with Gasteiger partial charge in [-0.1, -0.05) is 6.07 Å². The van der Waals surface area contributed by atoms with Crippen molar-refractivity contribution in [2.45, 2.75) is 18.9 Å². The molecule has 1 saturated heterocycles. The smallest absolute Gasteiger partial charge is 0.150 e. The van der Waals surface area contributed by atoms with Crippen LogP contribution in [0.2, 0.25) is 0 Å². The van der Waals surface area contributed by atoms with Gasteiger partial charge in [-0.15, -0.1) is 11.3 Å². The molecule has 1 aliphatic rings. The molecular weight excluding hydrogens is 232 g/mol. The molecule has 2 atom stereocenters. The lowest BCUT2D eigenvalue weighted by Crippen LogP contribution is -2.08. The van der Waals surface area contributed by atoms with Gasteiger partial charge in [0, 0.05) is 4.88 Å². The molecule has 84 valence electrons. The topological polar surface area (TPSA) is 54.4 Å². The maximum absolute atomic E-state index is 11.2. The number of aliphatic hydroxyl groups is 1. The second kappa shape index (κ2) is 4.23. The van der Waals surface area contributed by atoms with Gasteiger partial charge in [-0.2, -0.15) is 0 Å². The highest BCUT2D eigenvalue weighted by molar-refractivity contribution is 7.91. The van der Waals surface area contributed by atoms with Gasteiger partial charge in [0.1, 0.15) is 0 Å². The molecule has 2 unspecified atom stereocenters. The maximum Gasteiger partial charge on any atom is 0.150 e. The molecule has 0 spiro atoms. The molecule has 2 rings (SSSR count). The minimum Gasteiger partial charge on any atom is -0.388 e. The van der Waals surface area contributed by atoms with Gasteiger partial charge < -0.3 is 5.11 Å². The van der Waals surface area contributed by atoms with Crippen molar-refractivity contribution in [1.29, 1.82) is 0 Å². The highest BCUT2D eigenvalue weighted by Crippen LogP contribution is 2.30. The lowest BCUT2D eigenvalue weighted by Gasteiger charge is -2.12. The van der Waals surface area contributed by atoms with Crippen LogP contribution in [-0.4, -0.2) is 25.0 Å². The molecule has 1 aliphatic heterocycles. The van der Waals surface area contributed by atoms with Crippen LogP contribution in [0.25, 0.3) is 0 Å². The van der Waals surface area contributed by atoms with E-state index in [1.807, 2.05) is 17.5 Å². The van der Waals surface area contributed by atoms with E-state index in [1.54, 1.807) is 0 Å². The summed E-state index contributed by atoms with van der Waals surface area (Å²) in [6, 6.07) is 3.79. The van der Waals surface area contributed by atoms with Gasteiger partial charge in [0.25, 0.3) is 0 Å². The van der Waals surface area contributed by atoms with Crippen molar-refractivity contribution in [3.05, 3.63) is 22.4 Å². The average Bonchev–Trinajstić information content (AvgIpc) is 2.74. The molecule has 0 saturated carbocycles. The van der Waals surface area contributed by atoms with E-state index < -0.39 is 15.9 Å². The minimum atomic E-state index is -2.82. The van der Waals surface area contributed by atoms with Gasteiger partial charge in [-0.25, -0.2) is 8.42 Å². The fraction of sp³-hybridized carbons (Fsp3) is 0.600. The summed E-state index contributed by atoms with van der Waals surface area (Å²) in [6.07, 6.45) is 0.771. The van der Waals surface area contributed by atoms with E-state index in [0.29, 0.717) is 12.8 Å². The number of rotatable bonds is 3. The van der Waals surface area contributed by atoms with E-state index in [0.717, 1.165) is 4.88 Å². The van der Waals surface area contributed by atoms with E-state index in [2.05, 4.69) is 0 Å². The average molecular weight is 246 g/mol. The monoisotopic (exact) mass is 246 g/mol.